The molecule has 132 valence electrons. The van der Waals surface area contributed by atoms with Crippen LogP contribution in [0.3, 0.4) is 0 Å². The zero-order chi connectivity index (χ0) is 18.1. The minimum atomic E-state index is -0.116. The summed E-state index contributed by atoms with van der Waals surface area (Å²) >= 11 is 0. The molecule has 0 spiro atoms. The summed E-state index contributed by atoms with van der Waals surface area (Å²) < 4.78 is 0. The highest BCUT2D eigenvalue weighted by molar-refractivity contribution is 5.94. The Labute approximate surface area is 148 Å². The number of carbonyl (C=O) groups is 2. The van der Waals surface area contributed by atoms with E-state index in [9.17, 15) is 9.59 Å². The van der Waals surface area contributed by atoms with Gasteiger partial charge in [0, 0.05) is 24.7 Å². The lowest BCUT2D eigenvalue weighted by Crippen LogP contribution is -2.33. The molecule has 0 unspecified atom stereocenters. The standard InChI is InChI=1S/C20H25N3O2/c1-15(2)19(17-11-6-7-13-21-17)23-18(24)12-8-14-22-20(25)16-9-4-3-5-10-16/h3-7,9-11,13,15,19H,8,12,14H2,1-2H3,(H,22,25)(H,23,24)/t19-/m0/s1. The first-order chi connectivity index (χ1) is 12.1. The van der Waals surface area contributed by atoms with Crippen LogP contribution in [0.2, 0.25) is 0 Å². The van der Waals surface area contributed by atoms with Gasteiger partial charge in [0.15, 0.2) is 0 Å². The zero-order valence-corrected chi connectivity index (χ0v) is 14.7. The quantitative estimate of drug-likeness (QED) is 0.726. The molecule has 0 aliphatic heterocycles. The highest BCUT2D eigenvalue weighted by Gasteiger charge is 2.19. The number of carbonyl (C=O) groups excluding carboxylic acids is 2. The normalized spacial score (nSPS) is 11.8. The summed E-state index contributed by atoms with van der Waals surface area (Å²) in [4.78, 5) is 28.5. The summed E-state index contributed by atoms with van der Waals surface area (Å²) in [5.41, 5.74) is 1.49. The average Bonchev–Trinajstić information content (AvgIpc) is 2.64. The number of nitrogens with one attached hydrogen (secondary N) is 2. The van der Waals surface area contributed by atoms with Crippen molar-refractivity contribution in [2.24, 2.45) is 5.92 Å². The molecule has 0 aliphatic carbocycles. The maximum atomic E-state index is 12.2. The van der Waals surface area contributed by atoms with Crippen LogP contribution in [-0.4, -0.2) is 23.3 Å². The Hall–Kier alpha value is -2.69. The second-order valence-electron chi connectivity index (χ2n) is 6.27. The number of hydrogen-bond donors (Lipinski definition) is 2. The van der Waals surface area contributed by atoms with E-state index >= 15 is 0 Å². The van der Waals surface area contributed by atoms with Crippen molar-refractivity contribution in [3.8, 4) is 0 Å². The zero-order valence-electron chi connectivity index (χ0n) is 14.7. The Balaban J connectivity index is 1.75. The van der Waals surface area contributed by atoms with Crippen LogP contribution in [0.1, 0.15) is 48.8 Å². The van der Waals surface area contributed by atoms with Crippen molar-refractivity contribution in [2.75, 3.05) is 6.54 Å². The SMILES string of the molecule is CC(C)[C@H](NC(=O)CCCNC(=O)c1ccccc1)c1ccccn1. The molecular weight excluding hydrogens is 314 g/mol. The predicted molar refractivity (Wildman–Crippen MR) is 98.0 cm³/mol. The summed E-state index contributed by atoms with van der Waals surface area (Å²) in [6, 6.07) is 14.6. The first-order valence-electron chi connectivity index (χ1n) is 8.61. The van der Waals surface area contributed by atoms with E-state index in [1.54, 1.807) is 18.3 Å². The molecular formula is C20H25N3O2. The van der Waals surface area contributed by atoms with Crippen molar-refractivity contribution >= 4 is 11.8 Å². The van der Waals surface area contributed by atoms with Gasteiger partial charge in [-0.25, -0.2) is 0 Å². The lowest BCUT2D eigenvalue weighted by Gasteiger charge is -2.22. The fourth-order valence-corrected chi connectivity index (χ4v) is 2.53. The third-order valence-electron chi connectivity index (χ3n) is 3.89. The number of aromatic nitrogens is 1. The average molecular weight is 339 g/mol. The Bertz CT molecular complexity index is 672. The molecule has 5 nitrogen and oxygen atoms in total. The molecule has 2 amide bonds. The van der Waals surface area contributed by atoms with Crippen molar-refractivity contribution in [3.05, 3.63) is 66.0 Å². The number of hydrogen-bond acceptors (Lipinski definition) is 3. The summed E-state index contributed by atoms with van der Waals surface area (Å²) in [7, 11) is 0. The maximum Gasteiger partial charge on any atom is 0.251 e. The van der Waals surface area contributed by atoms with E-state index in [0.717, 1.165) is 5.69 Å². The summed E-state index contributed by atoms with van der Waals surface area (Å²) in [6.07, 6.45) is 2.69. The van der Waals surface area contributed by atoms with Gasteiger partial charge in [-0.15, -0.1) is 0 Å². The molecule has 0 bridgehead atoms. The van der Waals surface area contributed by atoms with Crippen LogP contribution in [0.4, 0.5) is 0 Å². The van der Waals surface area contributed by atoms with E-state index < -0.39 is 0 Å². The Kier molecular flexibility index (Phi) is 7.14. The van der Waals surface area contributed by atoms with Crippen molar-refractivity contribution in [3.63, 3.8) is 0 Å². The summed E-state index contributed by atoms with van der Waals surface area (Å²) in [5.74, 6) is 0.101. The van der Waals surface area contributed by atoms with Crippen LogP contribution < -0.4 is 10.6 Å². The van der Waals surface area contributed by atoms with E-state index in [1.807, 2.05) is 36.4 Å². The maximum absolute atomic E-state index is 12.2. The largest absolute Gasteiger partial charge is 0.352 e. The number of rotatable bonds is 8. The van der Waals surface area contributed by atoms with Crippen LogP contribution in [0.15, 0.2) is 54.7 Å². The molecule has 1 aromatic heterocycles. The van der Waals surface area contributed by atoms with Gasteiger partial charge in [0.1, 0.15) is 0 Å². The van der Waals surface area contributed by atoms with Gasteiger partial charge in [0.05, 0.1) is 11.7 Å². The molecule has 0 fully saturated rings. The molecule has 0 saturated heterocycles. The van der Waals surface area contributed by atoms with Gasteiger partial charge in [-0.05, 0) is 36.6 Å². The van der Waals surface area contributed by atoms with Gasteiger partial charge in [0.25, 0.3) is 5.91 Å². The van der Waals surface area contributed by atoms with Crippen molar-refractivity contribution in [1.29, 1.82) is 0 Å². The fraction of sp³-hybridized carbons (Fsp3) is 0.350. The van der Waals surface area contributed by atoms with Gasteiger partial charge in [-0.2, -0.15) is 0 Å². The molecule has 2 aromatic rings. The van der Waals surface area contributed by atoms with Crippen molar-refractivity contribution < 1.29 is 9.59 Å². The van der Waals surface area contributed by atoms with Crippen LogP contribution in [-0.2, 0) is 4.79 Å². The van der Waals surface area contributed by atoms with Gasteiger partial charge < -0.3 is 10.6 Å². The third-order valence-corrected chi connectivity index (χ3v) is 3.89. The fourth-order valence-electron chi connectivity index (χ4n) is 2.53. The number of pyridine rings is 1. The van der Waals surface area contributed by atoms with E-state index in [2.05, 4.69) is 29.5 Å². The van der Waals surface area contributed by atoms with E-state index in [4.69, 9.17) is 0 Å². The Morgan fingerprint density at radius 1 is 1.04 bits per heavy atom. The minimum Gasteiger partial charge on any atom is -0.352 e. The van der Waals surface area contributed by atoms with Crippen LogP contribution in [0.25, 0.3) is 0 Å². The molecule has 5 heteroatoms. The summed E-state index contributed by atoms with van der Waals surface area (Å²) in [6.45, 7) is 4.58. The molecule has 1 aromatic carbocycles. The first-order valence-corrected chi connectivity index (χ1v) is 8.61. The van der Waals surface area contributed by atoms with E-state index in [0.29, 0.717) is 24.9 Å². The molecule has 0 saturated carbocycles. The lowest BCUT2D eigenvalue weighted by atomic mass is 10.00. The topological polar surface area (TPSA) is 71.1 Å². The number of amides is 2. The van der Waals surface area contributed by atoms with Crippen molar-refractivity contribution in [2.45, 2.75) is 32.7 Å². The molecule has 2 rings (SSSR count). The highest BCUT2D eigenvalue weighted by atomic mass is 16.2. The van der Waals surface area contributed by atoms with Crippen molar-refractivity contribution in [1.82, 2.24) is 15.6 Å². The molecule has 0 radical (unpaired) electrons. The molecule has 25 heavy (non-hydrogen) atoms. The van der Waals surface area contributed by atoms with E-state index in [1.165, 1.54) is 0 Å². The number of benzene rings is 1. The van der Waals surface area contributed by atoms with Gasteiger partial charge in [-0.3, -0.25) is 14.6 Å². The highest BCUT2D eigenvalue weighted by Crippen LogP contribution is 2.19. The molecule has 2 N–H and O–H groups in total. The van der Waals surface area contributed by atoms with Crippen LogP contribution >= 0.6 is 0 Å². The predicted octanol–water partition coefficient (Wildman–Crippen LogP) is 3.11. The van der Waals surface area contributed by atoms with Gasteiger partial charge >= 0.3 is 0 Å². The molecule has 0 aliphatic rings. The monoisotopic (exact) mass is 339 g/mol. The first kappa shape index (κ1) is 18.6. The minimum absolute atomic E-state index is 0.0293. The van der Waals surface area contributed by atoms with Gasteiger partial charge in [-0.1, -0.05) is 38.1 Å². The second-order valence-corrected chi connectivity index (χ2v) is 6.27. The van der Waals surface area contributed by atoms with Crippen LogP contribution in [0, 0.1) is 5.92 Å². The smallest absolute Gasteiger partial charge is 0.251 e. The van der Waals surface area contributed by atoms with E-state index in [-0.39, 0.29) is 23.8 Å². The van der Waals surface area contributed by atoms with Gasteiger partial charge in [0.2, 0.25) is 5.91 Å². The molecule has 1 heterocycles. The Morgan fingerprint density at radius 2 is 1.76 bits per heavy atom. The number of nitrogens with zero attached hydrogens (tertiary/aromatic N) is 1. The van der Waals surface area contributed by atoms with Crippen LogP contribution in [0.5, 0.6) is 0 Å². The summed E-state index contributed by atoms with van der Waals surface area (Å²) in [5, 5.41) is 5.87. The third kappa shape index (κ3) is 6.03. The molecule has 1 atom stereocenters. The lowest BCUT2D eigenvalue weighted by molar-refractivity contribution is -0.122. The second kappa shape index (κ2) is 9.57. The Morgan fingerprint density at radius 3 is 2.40 bits per heavy atom.